The van der Waals surface area contributed by atoms with Crippen LogP contribution in [0.1, 0.15) is 10.4 Å². The number of nitrogens with zero attached hydrogens (tertiary/aromatic N) is 3. The van der Waals surface area contributed by atoms with Gasteiger partial charge in [-0.2, -0.15) is 5.10 Å². The maximum Gasteiger partial charge on any atom is 0.251 e. The van der Waals surface area contributed by atoms with Crippen molar-refractivity contribution in [1.82, 2.24) is 20.0 Å². The van der Waals surface area contributed by atoms with Crippen molar-refractivity contribution in [3.05, 3.63) is 52.1 Å². The SMILES string of the molecule is CN(C)CCNC(=O)c1ccc2nn(CC3COc4cc(Cl)c(Cl)cc4O3)cc2c1. The molecule has 0 fully saturated rings. The number of rotatable bonds is 6. The molecule has 7 nitrogen and oxygen atoms in total. The second kappa shape index (κ2) is 8.71. The molecule has 3 aromatic rings. The van der Waals surface area contributed by atoms with Gasteiger partial charge in [-0.3, -0.25) is 9.48 Å². The molecule has 1 atom stereocenters. The average Bonchev–Trinajstić information content (AvgIpc) is 3.10. The first-order valence-corrected chi connectivity index (χ1v) is 10.3. The van der Waals surface area contributed by atoms with Gasteiger partial charge in [-0.1, -0.05) is 23.2 Å². The van der Waals surface area contributed by atoms with Crippen molar-refractivity contribution in [2.24, 2.45) is 0 Å². The van der Waals surface area contributed by atoms with Crippen molar-refractivity contribution in [3.8, 4) is 11.5 Å². The van der Waals surface area contributed by atoms with Gasteiger partial charge in [-0.05, 0) is 32.3 Å². The molecular weight excluding hydrogens is 427 g/mol. The summed E-state index contributed by atoms with van der Waals surface area (Å²) in [6, 6.07) is 8.79. The van der Waals surface area contributed by atoms with Crippen molar-refractivity contribution >= 4 is 40.0 Å². The van der Waals surface area contributed by atoms with E-state index in [1.807, 2.05) is 37.3 Å². The van der Waals surface area contributed by atoms with Crippen molar-refractivity contribution in [1.29, 1.82) is 0 Å². The first kappa shape index (κ1) is 20.8. The van der Waals surface area contributed by atoms with Crippen LogP contribution in [0.5, 0.6) is 11.5 Å². The van der Waals surface area contributed by atoms with Crippen LogP contribution >= 0.6 is 23.2 Å². The summed E-state index contributed by atoms with van der Waals surface area (Å²) in [5.41, 5.74) is 1.42. The van der Waals surface area contributed by atoms with Gasteiger partial charge in [0.2, 0.25) is 0 Å². The van der Waals surface area contributed by atoms with Gasteiger partial charge in [0.05, 0.1) is 22.1 Å². The van der Waals surface area contributed by atoms with Crippen LogP contribution in [0, 0.1) is 0 Å². The summed E-state index contributed by atoms with van der Waals surface area (Å²) in [5, 5.41) is 9.23. The molecule has 0 saturated heterocycles. The molecule has 158 valence electrons. The predicted molar refractivity (Wildman–Crippen MR) is 117 cm³/mol. The quantitative estimate of drug-likeness (QED) is 0.624. The van der Waals surface area contributed by atoms with Crippen LogP contribution in [0.2, 0.25) is 10.0 Å². The number of carbonyl (C=O) groups excluding carboxylic acids is 1. The van der Waals surface area contributed by atoms with Gasteiger partial charge < -0.3 is 19.7 Å². The Morgan fingerprint density at radius 3 is 2.77 bits per heavy atom. The topological polar surface area (TPSA) is 68.6 Å². The molecule has 30 heavy (non-hydrogen) atoms. The maximum absolute atomic E-state index is 12.3. The number of aromatic nitrogens is 2. The Hall–Kier alpha value is -2.48. The number of carbonyl (C=O) groups is 1. The van der Waals surface area contributed by atoms with E-state index < -0.39 is 0 Å². The van der Waals surface area contributed by atoms with Crippen LogP contribution < -0.4 is 14.8 Å². The van der Waals surface area contributed by atoms with Gasteiger partial charge in [0.25, 0.3) is 5.91 Å². The zero-order chi connectivity index (χ0) is 21.3. The number of halogens is 2. The van der Waals surface area contributed by atoms with Crippen LogP contribution in [0.4, 0.5) is 0 Å². The van der Waals surface area contributed by atoms with E-state index in [-0.39, 0.29) is 12.0 Å². The molecule has 0 spiro atoms. The summed E-state index contributed by atoms with van der Waals surface area (Å²) in [5.74, 6) is 1.05. The number of benzene rings is 2. The highest BCUT2D eigenvalue weighted by molar-refractivity contribution is 6.42. The summed E-state index contributed by atoms with van der Waals surface area (Å²) in [4.78, 5) is 14.4. The van der Waals surface area contributed by atoms with Crippen LogP contribution in [0.15, 0.2) is 36.5 Å². The summed E-state index contributed by atoms with van der Waals surface area (Å²) in [7, 11) is 3.94. The van der Waals surface area contributed by atoms with Gasteiger partial charge >= 0.3 is 0 Å². The first-order chi connectivity index (χ1) is 14.4. The summed E-state index contributed by atoms with van der Waals surface area (Å²) in [6.07, 6.45) is 1.68. The molecule has 1 amide bonds. The highest BCUT2D eigenvalue weighted by Crippen LogP contribution is 2.38. The number of nitrogens with one attached hydrogen (secondary N) is 1. The van der Waals surface area contributed by atoms with Crippen molar-refractivity contribution < 1.29 is 14.3 Å². The lowest BCUT2D eigenvalue weighted by Crippen LogP contribution is -2.33. The van der Waals surface area contributed by atoms with Crippen LogP contribution in [0.25, 0.3) is 10.9 Å². The van der Waals surface area contributed by atoms with Crippen molar-refractivity contribution in [3.63, 3.8) is 0 Å². The highest BCUT2D eigenvalue weighted by atomic mass is 35.5. The highest BCUT2D eigenvalue weighted by Gasteiger charge is 2.23. The molecule has 0 saturated carbocycles. The zero-order valence-electron chi connectivity index (χ0n) is 16.7. The Kier molecular flexibility index (Phi) is 6.04. The minimum absolute atomic E-state index is 0.0948. The number of fused-ring (bicyclic) bond motifs is 2. The molecule has 0 radical (unpaired) electrons. The van der Waals surface area contributed by atoms with Crippen molar-refractivity contribution in [2.75, 3.05) is 33.8 Å². The second-order valence-corrected chi connectivity index (χ2v) is 8.26. The molecule has 0 aliphatic carbocycles. The van der Waals surface area contributed by atoms with Crippen molar-refractivity contribution in [2.45, 2.75) is 12.6 Å². The minimum atomic E-state index is -0.224. The molecule has 2 aromatic carbocycles. The summed E-state index contributed by atoms with van der Waals surface area (Å²) >= 11 is 12.1. The fourth-order valence-electron chi connectivity index (χ4n) is 3.22. The van der Waals surface area contributed by atoms with Gasteiger partial charge in [-0.15, -0.1) is 0 Å². The standard InChI is InChI=1S/C21H22Cl2N4O3/c1-26(2)6-5-24-21(28)13-3-4-18-14(7-13)10-27(25-18)11-15-12-29-19-8-16(22)17(23)9-20(19)30-15/h3-4,7-10,15H,5-6,11-12H2,1-2H3,(H,24,28). The molecule has 1 N–H and O–H groups in total. The molecule has 1 unspecified atom stereocenters. The number of ether oxygens (including phenoxy) is 2. The van der Waals surface area contributed by atoms with E-state index in [2.05, 4.69) is 10.4 Å². The maximum atomic E-state index is 12.3. The molecule has 1 aromatic heterocycles. The number of hydrogen-bond acceptors (Lipinski definition) is 5. The molecule has 4 rings (SSSR count). The van der Waals surface area contributed by atoms with Gasteiger partial charge in [0, 0.05) is 42.4 Å². The number of hydrogen-bond donors (Lipinski definition) is 1. The third-order valence-corrected chi connectivity index (χ3v) is 5.48. The van der Waals surface area contributed by atoms with E-state index in [9.17, 15) is 4.79 Å². The van der Waals surface area contributed by atoms with Crippen LogP contribution in [-0.4, -0.2) is 60.5 Å². The second-order valence-electron chi connectivity index (χ2n) is 7.45. The lowest BCUT2D eigenvalue weighted by molar-refractivity contribution is 0.0761. The van der Waals surface area contributed by atoms with E-state index in [1.54, 1.807) is 22.9 Å². The normalized spacial score (nSPS) is 15.6. The number of amides is 1. The molecule has 2 heterocycles. The lowest BCUT2D eigenvalue weighted by atomic mass is 10.1. The summed E-state index contributed by atoms with van der Waals surface area (Å²) < 4.78 is 13.6. The van der Waals surface area contributed by atoms with E-state index in [4.69, 9.17) is 32.7 Å². The Labute approximate surface area is 184 Å². The molecule has 1 aliphatic rings. The molecular formula is C21H22Cl2N4O3. The van der Waals surface area contributed by atoms with E-state index in [1.165, 1.54) is 0 Å². The van der Waals surface area contributed by atoms with E-state index in [0.717, 1.165) is 17.4 Å². The fraction of sp³-hybridized carbons (Fsp3) is 0.333. The van der Waals surface area contributed by atoms with E-state index in [0.29, 0.717) is 46.8 Å². The van der Waals surface area contributed by atoms with Crippen LogP contribution in [0.3, 0.4) is 0 Å². The molecule has 1 aliphatic heterocycles. The van der Waals surface area contributed by atoms with Gasteiger partial charge in [-0.25, -0.2) is 0 Å². The van der Waals surface area contributed by atoms with Gasteiger partial charge in [0.1, 0.15) is 6.61 Å². The smallest absolute Gasteiger partial charge is 0.251 e. The predicted octanol–water partition coefficient (Wildman–Crippen LogP) is 3.47. The molecule has 9 heteroatoms. The minimum Gasteiger partial charge on any atom is -0.486 e. The van der Waals surface area contributed by atoms with Crippen LogP contribution in [-0.2, 0) is 6.54 Å². The zero-order valence-corrected chi connectivity index (χ0v) is 18.2. The largest absolute Gasteiger partial charge is 0.486 e. The molecule has 0 bridgehead atoms. The third-order valence-electron chi connectivity index (χ3n) is 4.75. The first-order valence-electron chi connectivity index (χ1n) is 9.57. The third kappa shape index (κ3) is 4.64. The Morgan fingerprint density at radius 2 is 2.00 bits per heavy atom. The van der Waals surface area contributed by atoms with Gasteiger partial charge in [0.15, 0.2) is 17.6 Å². The Morgan fingerprint density at radius 1 is 1.23 bits per heavy atom. The monoisotopic (exact) mass is 448 g/mol. The average molecular weight is 449 g/mol. The number of likely N-dealkylation sites (N-methyl/N-ethyl adjacent to an activating group) is 1. The fourth-order valence-corrected chi connectivity index (χ4v) is 3.52. The lowest BCUT2D eigenvalue weighted by Gasteiger charge is -2.26. The Balaban J connectivity index is 1.44. The Bertz CT molecular complexity index is 1080. The van der Waals surface area contributed by atoms with E-state index >= 15 is 0 Å². The summed E-state index contributed by atoms with van der Waals surface area (Å²) in [6.45, 7) is 2.26.